The van der Waals surface area contributed by atoms with Gasteiger partial charge in [0.2, 0.25) is 0 Å². The molecule has 0 aliphatic carbocycles. The summed E-state index contributed by atoms with van der Waals surface area (Å²) < 4.78 is 10.2. The number of esters is 1. The normalized spacial score (nSPS) is 10.4. The Labute approximate surface area is 101 Å². The van der Waals surface area contributed by atoms with E-state index in [0.29, 0.717) is 23.6 Å². The van der Waals surface area contributed by atoms with Crippen LogP contribution in [-0.4, -0.2) is 45.2 Å². The minimum atomic E-state index is -0.447. The number of hydrogen-bond donors (Lipinski definition) is 1. The smallest absolute Gasteiger partial charge is 0.341 e. The molecule has 2 N–H and O–H groups in total. The van der Waals surface area contributed by atoms with Gasteiger partial charge in [-0.15, -0.1) is 0 Å². The Hall–Kier alpha value is -1.75. The number of ether oxygens (including phenoxy) is 2. The van der Waals surface area contributed by atoms with Crippen LogP contribution in [-0.2, 0) is 4.74 Å². The van der Waals surface area contributed by atoms with Crippen LogP contribution in [0.5, 0.6) is 5.75 Å². The fourth-order valence-corrected chi connectivity index (χ4v) is 1.32. The van der Waals surface area contributed by atoms with E-state index in [1.807, 2.05) is 19.0 Å². The Bertz CT molecular complexity index is 391. The Morgan fingerprint density at radius 1 is 1.41 bits per heavy atom. The third kappa shape index (κ3) is 3.64. The highest BCUT2D eigenvalue weighted by Gasteiger charge is 2.15. The molecular formula is C12H18N2O3. The maximum absolute atomic E-state index is 11.5. The monoisotopic (exact) mass is 238 g/mol. The van der Waals surface area contributed by atoms with Gasteiger partial charge in [-0.25, -0.2) is 4.79 Å². The van der Waals surface area contributed by atoms with Crippen LogP contribution in [0.2, 0.25) is 0 Å². The van der Waals surface area contributed by atoms with E-state index in [-0.39, 0.29) is 0 Å². The van der Waals surface area contributed by atoms with Crippen molar-refractivity contribution < 1.29 is 14.3 Å². The lowest BCUT2D eigenvalue weighted by Crippen LogP contribution is -2.20. The average molecular weight is 238 g/mol. The van der Waals surface area contributed by atoms with Gasteiger partial charge < -0.3 is 20.1 Å². The molecule has 0 saturated carbocycles. The van der Waals surface area contributed by atoms with Gasteiger partial charge in [0, 0.05) is 6.54 Å². The van der Waals surface area contributed by atoms with Crippen LogP contribution in [0.3, 0.4) is 0 Å². The highest BCUT2D eigenvalue weighted by molar-refractivity contribution is 5.94. The second kappa shape index (κ2) is 6.10. The number of para-hydroxylation sites is 1. The summed E-state index contributed by atoms with van der Waals surface area (Å²) in [7, 11) is 5.22. The minimum Gasteiger partial charge on any atom is -0.489 e. The molecule has 5 heteroatoms. The van der Waals surface area contributed by atoms with Crippen LogP contribution < -0.4 is 10.5 Å². The Morgan fingerprint density at radius 3 is 2.71 bits per heavy atom. The largest absolute Gasteiger partial charge is 0.489 e. The number of rotatable bonds is 5. The summed E-state index contributed by atoms with van der Waals surface area (Å²) in [5.74, 6) is -0.0571. The molecule has 0 bridgehead atoms. The topological polar surface area (TPSA) is 64.8 Å². The summed E-state index contributed by atoms with van der Waals surface area (Å²) in [5.41, 5.74) is 6.57. The standard InChI is InChI=1S/C12H18N2O3/c1-14(2)7-8-17-11-9(12(15)16-3)5-4-6-10(11)13/h4-6H,7-8,13H2,1-3H3. The molecule has 0 atom stereocenters. The first-order valence-electron chi connectivity index (χ1n) is 5.30. The fraction of sp³-hybridized carbons (Fsp3) is 0.417. The van der Waals surface area contributed by atoms with E-state index in [4.69, 9.17) is 10.5 Å². The van der Waals surface area contributed by atoms with Crippen LogP contribution in [0.4, 0.5) is 5.69 Å². The summed E-state index contributed by atoms with van der Waals surface area (Å²) >= 11 is 0. The number of hydrogen-bond acceptors (Lipinski definition) is 5. The van der Waals surface area contributed by atoms with E-state index in [1.54, 1.807) is 18.2 Å². The third-order valence-corrected chi connectivity index (χ3v) is 2.24. The molecule has 0 aromatic heterocycles. The van der Waals surface area contributed by atoms with Crippen molar-refractivity contribution in [2.24, 2.45) is 0 Å². The van der Waals surface area contributed by atoms with Crippen LogP contribution in [0.15, 0.2) is 18.2 Å². The first-order chi connectivity index (χ1) is 8.06. The molecule has 1 rings (SSSR count). The molecule has 0 spiro atoms. The van der Waals surface area contributed by atoms with Gasteiger partial charge in [-0.2, -0.15) is 0 Å². The van der Waals surface area contributed by atoms with Crippen molar-refractivity contribution in [3.8, 4) is 5.75 Å². The summed E-state index contributed by atoms with van der Waals surface area (Å²) in [4.78, 5) is 13.5. The van der Waals surface area contributed by atoms with Crippen molar-refractivity contribution in [2.75, 3.05) is 40.1 Å². The first-order valence-corrected chi connectivity index (χ1v) is 5.30. The van der Waals surface area contributed by atoms with Gasteiger partial charge in [0.05, 0.1) is 12.8 Å². The van der Waals surface area contributed by atoms with E-state index in [2.05, 4.69) is 4.74 Å². The molecule has 0 fully saturated rings. The third-order valence-electron chi connectivity index (χ3n) is 2.24. The highest BCUT2D eigenvalue weighted by atomic mass is 16.5. The Balaban J connectivity index is 2.84. The molecule has 0 heterocycles. The van der Waals surface area contributed by atoms with Gasteiger partial charge in [-0.1, -0.05) is 6.07 Å². The van der Waals surface area contributed by atoms with Crippen molar-refractivity contribution in [1.82, 2.24) is 4.90 Å². The van der Waals surface area contributed by atoms with Crippen molar-refractivity contribution in [3.63, 3.8) is 0 Å². The van der Waals surface area contributed by atoms with Crippen molar-refractivity contribution in [1.29, 1.82) is 0 Å². The van der Waals surface area contributed by atoms with Crippen LogP contribution in [0.1, 0.15) is 10.4 Å². The molecule has 17 heavy (non-hydrogen) atoms. The molecule has 0 saturated heterocycles. The number of carbonyl (C=O) groups excluding carboxylic acids is 1. The maximum Gasteiger partial charge on any atom is 0.341 e. The highest BCUT2D eigenvalue weighted by Crippen LogP contribution is 2.26. The summed E-state index contributed by atoms with van der Waals surface area (Å²) in [6.45, 7) is 1.21. The predicted molar refractivity (Wildman–Crippen MR) is 66.2 cm³/mol. The molecule has 0 unspecified atom stereocenters. The number of nitrogens with two attached hydrogens (primary N) is 1. The van der Waals surface area contributed by atoms with Crippen LogP contribution >= 0.6 is 0 Å². The molecule has 5 nitrogen and oxygen atoms in total. The average Bonchev–Trinajstić information content (AvgIpc) is 2.29. The predicted octanol–water partition coefficient (Wildman–Crippen LogP) is 0.996. The van der Waals surface area contributed by atoms with Crippen LogP contribution in [0.25, 0.3) is 0 Å². The minimum absolute atomic E-state index is 0.353. The second-order valence-corrected chi connectivity index (χ2v) is 3.87. The summed E-state index contributed by atoms with van der Waals surface area (Å²) in [6, 6.07) is 5.02. The SMILES string of the molecule is COC(=O)c1cccc(N)c1OCCN(C)C. The van der Waals surface area contributed by atoms with Gasteiger partial charge in [-0.3, -0.25) is 0 Å². The molecule has 0 amide bonds. The Morgan fingerprint density at radius 2 is 2.12 bits per heavy atom. The summed E-state index contributed by atoms with van der Waals surface area (Å²) in [6.07, 6.45) is 0. The van der Waals surface area contributed by atoms with Crippen molar-refractivity contribution in [3.05, 3.63) is 23.8 Å². The van der Waals surface area contributed by atoms with Crippen LogP contribution in [0, 0.1) is 0 Å². The zero-order valence-electron chi connectivity index (χ0n) is 10.4. The van der Waals surface area contributed by atoms with E-state index in [0.717, 1.165) is 6.54 Å². The lowest BCUT2D eigenvalue weighted by Gasteiger charge is -2.14. The molecular weight excluding hydrogens is 220 g/mol. The number of methoxy groups -OCH3 is 1. The van der Waals surface area contributed by atoms with E-state index >= 15 is 0 Å². The molecule has 0 aliphatic heterocycles. The maximum atomic E-state index is 11.5. The van der Waals surface area contributed by atoms with Crippen molar-refractivity contribution in [2.45, 2.75) is 0 Å². The number of benzene rings is 1. The lowest BCUT2D eigenvalue weighted by molar-refractivity contribution is 0.0596. The van der Waals surface area contributed by atoms with Gasteiger partial charge >= 0.3 is 5.97 Å². The molecule has 1 aromatic rings. The van der Waals surface area contributed by atoms with Gasteiger partial charge in [0.1, 0.15) is 12.2 Å². The van der Waals surface area contributed by atoms with E-state index in [9.17, 15) is 4.79 Å². The quantitative estimate of drug-likeness (QED) is 0.612. The Kier molecular flexibility index (Phi) is 4.78. The summed E-state index contributed by atoms with van der Waals surface area (Å²) in [5, 5.41) is 0. The number of nitrogens with zero attached hydrogens (tertiary/aromatic N) is 1. The van der Waals surface area contributed by atoms with E-state index in [1.165, 1.54) is 7.11 Å². The lowest BCUT2D eigenvalue weighted by atomic mass is 10.2. The second-order valence-electron chi connectivity index (χ2n) is 3.87. The number of anilines is 1. The van der Waals surface area contributed by atoms with Crippen molar-refractivity contribution >= 4 is 11.7 Å². The molecule has 0 radical (unpaired) electrons. The van der Waals surface area contributed by atoms with E-state index < -0.39 is 5.97 Å². The number of nitrogen functional groups attached to an aromatic ring is 1. The fourth-order valence-electron chi connectivity index (χ4n) is 1.32. The number of likely N-dealkylation sites (N-methyl/N-ethyl adjacent to an activating group) is 1. The van der Waals surface area contributed by atoms with Gasteiger partial charge in [0.15, 0.2) is 5.75 Å². The molecule has 0 aliphatic rings. The van der Waals surface area contributed by atoms with Gasteiger partial charge in [0.25, 0.3) is 0 Å². The molecule has 94 valence electrons. The first kappa shape index (κ1) is 13.3. The molecule has 1 aromatic carbocycles. The number of carbonyl (C=O) groups is 1. The zero-order valence-corrected chi connectivity index (χ0v) is 10.4. The van der Waals surface area contributed by atoms with Gasteiger partial charge in [-0.05, 0) is 26.2 Å². The zero-order chi connectivity index (χ0) is 12.8.